The molecule has 2 nitrogen and oxygen atoms in total. The molecule has 5 aromatic carbocycles. The maximum atomic E-state index is 2.33. The summed E-state index contributed by atoms with van der Waals surface area (Å²) in [7, 11) is 0. The molecular formula is C32H28N2. The fourth-order valence-electron chi connectivity index (χ4n) is 4.32. The molecule has 0 atom stereocenters. The third kappa shape index (κ3) is 4.57. The van der Waals surface area contributed by atoms with E-state index in [1.54, 1.807) is 0 Å². The molecule has 5 rings (SSSR count). The zero-order valence-electron chi connectivity index (χ0n) is 19.4. The van der Waals surface area contributed by atoms with Crippen LogP contribution in [0.4, 0.5) is 34.1 Å². The van der Waals surface area contributed by atoms with Gasteiger partial charge in [-0.1, -0.05) is 79.7 Å². The molecule has 0 unspecified atom stereocenters. The number of benzene rings is 5. The van der Waals surface area contributed by atoms with E-state index in [0.717, 1.165) is 40.5 Å². The second-order valence-electron chi connectivity index (χ2n) is 8.22. The Hall–Kier alpha value is -4.30. The van der Waals surface area contributed by atoms with Gasteiger partial charge in [0.15, 0.2) is 0 Å². The minimum atomic E-state index is 0.954. The highest BCUT2D eigenvalue weighted by atomic mass is 15.2. The lowest BCUT2D eigenvalue weighted by atomic mass is 10.1. The summed E-state index contributed by atoms with van der Waals surface area (Å²) in [6.07, 6.45) is 0.954. The van der Waals surface area contributed by atoms with Crippen LogP contribution >= 0.6 is 0 Å². The minimum absolute atomic E-state index is 0.954. The molecule has 5 aromatic rings. The number of hydrogen-bond donors (Lipinski definition) is 0. The molecule has 0 radical (unpaired) electrons. The van der Waals surface area contributed by atoms with E-state index in [2.05, 4.69) is 156 Å². The van der Waals surface area contributed by atoms with Gasteiger partial charge < -0.3 is 9.80 Å². The molecule has 0 aromatic heterocycles. The molecule has 0 N–H and O–H groups in total. The molecule has 0 amide bonds. The summed E-state index contributed by atoms with van der Waals surface area (Å²) in [6.45, 7) is 2.22. The molecule has 0 aliphatic carbocycles. The second kappa shape index (κ2) is 10.1. The predicted octanol–water partition coefficient (Wildman–Crippen LogP) is 9.19. The topological polar surface area (TPSA) is 6.48 Å². The van der Waals surface area contributed by atoms with Crippen LogP contribution in [0.3, 0.4) is 0 Å². The van der Waals surface area contributed by atoms with Gasteiger partial charge in [0.25, 0.3) is 0 Å². The van der Waals surface area contributed by atoms with Crippen LogP contribution in [-0.2, 0) is 6.42 Å². The minimum Gasteiger partial charge on any atom is -0.310 e. The Labute approximate surface area is 202 Å². The highest BCUT2D eigenvalue weighted by Gasteiger charge is 2.18. The SMILES string of the molecule is CCc1cc(N(c2ccccc2)c2ccccc2)cc(N(c2ccccc2)c2ccccc2)c1. The largest absolute Gasteiger partial charge is 0.310 e. The summed E-state index contributed by atoms with van der Waals surface area (Å²) >= 11 is 0. The maximum absolute atomic E-state index is 2.33. The van der Waals surface area contributed by atoms with Crippen LogP contribution in [0.5, 0.6) is 0 Å². The zero-order valence-corrected chi connectivity index (χ0v) is 19.4. The van der Waals surface area contributed by atoms with Gasteiger partial charge in [-0.05, 0) is 78.7 Å². The first-order valence-corrected chi connectivity index (χ1v) is 11.8. The molecule has 0 bridgehead atoms. The first-order chi connectivity index (χ1) is 16.8. The van der Waals surface area contributed by atoms with E-state index in [9.17, 15) is 0 Å². The molecule has 0 saturated carbocycles. The summed E-state index contributed by atoms with van der Waals surface area (Å²) in [5.74, 6) is 0. The van der Waals surface area contributed by atoms with Gasteiger partial charge in [-0.2, -0.15) is 0 Å². The average molecular weight is 441 g/mol. The Balaban J connectivity index is 1.71. The molecule has 0 aliphatic heterocycles. The molecule has 0 aliphatic rings. The molecular weight excluding hydrogens is 412 g/mol. The van der Waals surface area contributed by atoms with Crippen LogP contribution in [0.1, 0.15) is 12.5 Å². The van der Waals surface area contributed by atoms with E-state index in [-0.39, 0.29) is 0 Å². The third-order valence-electron chi connectivity index (χ3n) is 5.94. The van der Waals surface area contributed by atoms with E-state index in [1.807, 2.05) is 0 Å². The van der Waals surface area contributed by atoms with Crippen molar-refractivity contribution < 1.29 is 0 Å². The van der Waals surface area contributed by atoms with Crippen molar-refractivity contribution in [2.24, 2.45) is 0 Å². The van der Waals surface area contributed by atoms with Gasteiger partial charge >= 0.3 is 0 Å². The number of para-hydroxylation sites is 4. The van der Waals surface area contributed by atoms with Gasteiger partial charge in [0, 0.05) is 34.1 Å². The Morgan fingerprint density at radius 3 is 0.941 bits per heavy atom. The normalized spacial score (nSPS) is 10.6. The van der Waals surface area contributed by atoms with Crippen molar-refractivity contribution in [3.05, 3.63) is 145 Å². The Morgan fingerprint density at radius 2 is 0.676 bits per heavy atom. The van der Waals surface area contributed by atoms with Gasteiger partial charge in [0.2, 0.25) is 0 Å². The predicted molar refractivity (Wildman–Crippen MR) is 145 cm³/mol. The summed E-state index contributed by atoms with van der Waals surface area (Å²) in [5.41, 5.74) is 8.13. The van der Waals surface area contributed by atoms with Crippen molar-refractivity contribution in [3.63, 3.8) is 0 Å². The molecule has 2 heteroatoms. The molecule has 0 spiro atoms. The van der Waals surface area contributed by atoms with Gasteiger partial charge in [0.1, 0.15) is 0 Å². The van der Waals surface area contributed by atoms with Crippen molar-refractivity contribution in [3.8, 4) is 0 Å². The van der Waals surface area contributed by atoms with Crippen molar-refractivity contribution >= 4 is 34.1 Å². The van der Waals surface area contributed by atoms with Crippen LogP contribution in [-0.4, -0.2) is 0 Å². The number of anilines is 6. The second-order valence-corrected chi connectivity index (χ2v) is 8.22. The summed E-state index contributed by atoms with van der Waals surface area (Å²) in [4.78, 5) is 4.66. The van der Waals surface area contributed by atoms with E-state index >= 15 is 0 Å². The van der Waals surface area contributed by atoms with Crippen LogP contribution in [0, 0.1) is 0 Å². The Morgan fingerprint density at radius 1 is 0.382 bits per heavy atom. The lowest BCUT2D eigenvalue weighted by Crippen LogP contribution is -2.13. The average Bonchev–Trinajstić information content (AvgIpc) is 2.91. The monoisotopic (exact) mass is 440 g/mol. The number of rotatable bonds is 7. The standard InChI is InChI=1S/C32H28N2/c1-2-26-23-31(33(27-15-7-3-8-16-27)28-17-9-4-10-18-28)25-32(24-26)34(29-19-11-5-12-20-29)30-21-13-6-14-22-30/h3-25H,2H2,1H3. The van der Waals surface area contributed by atoms with E-state index in [1.165, 1.54) is 5.56 Å². The highest BCUT2D eigenvalue weighted by molar-refractivity contribution is 5.83. The maximum Gasteiger partial charge on any atom is 0.0485 e. The van der Waals surface area contributed by atoms with E-state index in [4.69, 9.17) is 0 Å². The van der Waals surface area contributed by atoms with Crippen molar-refractivity contribution in [2.75, 3.05) is 9.80 Å². The Kier molecular flexibility index (Phi) is 6.40. The molecule has 0 fully saturated rings. The molecule has 0 heterocycles. The van der Waals surface area contributed by atoms with Gasteiger partial charge in [-0.3, -0.25) is 0 Å². The first kappa shape index (κ1) is 21.5. The fraction of sp³-hybridized carbons (Fsp3) is 0.0625. The van der Waals surface area contributed by atoms with Crippen LogP contribution < -0.4 is 9.80 Å². The van der Waals surface area contributed by atoms with E-state index in [0.29, 0.717) is 0 Å². The lowest BCUT2D eigenvalue weighted by molar-refractivity contribution is 1.12. The van der Waals surface area contributed by atoms with Gasteiger partial charge in [-0.25, -0.2) is 0 Å². The molecule has 166 valence electrons. The van der Waals surface area contributed by atoms with Crippen molar-refractivity contribution in [1.29, 1.82) is 0 Å². The smallest absolute Gasteiger partial charge is 0.0485 e. The van der Waals surface area contributed by atoms with Crippen molar-refractivity contribution in [1.82, 2.24) is 0 Å². The summed E-state index contributed by atoms with van der Waals surface area (Å²) in [5, 5.41) is 0. The highest BCUT2D eigenvalue weighted by Crippen LogP contribution is 2.41. The fourth-order valence-corrected chi connectivity index (χ4v) is 4.32. The van der Waals surface area contributed by atoms with Crippen LogP contribution in [0.15, 0.2) is 140 Å². The lowest BCUT2D eigenvalue weighted by Gasteiger charge is -2.30. The molecule has 0 saturated heterocycles. The summed E-state index contributed by atoms with van der Waals surface area (Å²) in [6, 6.07) is 49.2. The quantitative estimate of drug-likeness (QED) is 0.249. The summed E-state index contributed by atoms with van der Waals surface area (Å²) < 4.78 is 0. The Bertz CT molecular complexity index is 1140. The third-order valence-corrected chi connectivity index (χ3v) is 5.94. The molecule has 34 heavy (non-hydrogen) atoms. The van der Waals surface area contributed by atoms with Gasteiger partial charge in [-0.15, -0.1) is 0 Å². The van der Waals surface area contributed by atoms with E-state index < -0.39 is 0 Å². The first-order valence-electron chi connectivity index (χ1n) is 11.8. The van der Waals surface area contributed by atoms with Crippen LogP contribution in [0.25, 0.3) is 0 Å². The number of hydrogen-bond acceptors (Lipinski definition) is 2. The zero-order chi connectivity index (χ0) is 23.2. The van der Waals surface area contributed by atoms with Crippen LogP contribution in [0.2, 0.25) is 0 Å². The number of nitrogens with zero attached hydrogens (tertiary/aromatic N) is 2. The van der Waals surface area contributed by atoms with Crippen molar-refractivity contribution in [2.45, 2.75) is 13.3 Å². The number of aryl methyl sites for hydroxylation is 1. The van der Waals surface area contributed by atoms with Gasteiger partial charge in [0.05, 0.1) is 0 Å².